The van der Waals surface area contributed by atoms with Gasteiger partial charge in [-0.15, -0.1) is 0 Å². The maximum atomic E-state index is 11.2. The van der Waals surface area contributed by atoms with Crippen LogP contribution in [0, 0.1) is 16.7 Å². The number of allylic oxidation sites excluding steroid dienone is 1. The number of rotatable bonds is 1. The molecule has 2 aliphatic rings. The quantitative estimate of drug-likeness (QED) is 0.566. The Kier molecular flexibility index (Phi) is 1.47. The zero-order valence-electron chi connectivity index (χ0n) is 8.22. The van der Waals surface area contributed by atoms with Crippen LogP contribution in [0.5, 0.6) is 0 Å². The number of carboxylic acids is 1. The summed E-state index contributed by atoms with van der Waals surface area (Å²) in [5.41, 5.74) is 0.228. The highest BCUT2D eigenvalue weighted by Gasteiger charge is 2.59. The van der Waals surface area contributed by atoms with E-state index in [-0.39, 0.29) is 5.41 Å². The molecule has 0 aliphatic heterocycles. The molecule has 2 atom stereocenters. The Balaban J connectivity index is 2.50. The van der Waals surface area contributed by atoms with Gasteiger partial charge in [0.15, 0.2) is 0 Å². The molecule has 2 rings (SSSR count). The standard InChI is InChI=1S/C11H16O2/c1-7-8-4-5-11(6-8,9(12)13)10(7,2)3/h8H,1,4-6H2,2-3H3,(H,12,13)/p-1/t8-,11-/m0/s1. The van der Waals surface area contributed by atoms with E-state index in [1.54, 1.807) is 0 Å². The van der Waals surface area contributed by atoms with Gasteiger partial charge in [0.2, 0.25) is 0 Å². The van der Waals surface area contributed by atoms with Gasteiger partial charge in [-0.2, -0.15) is 0 Å². The highest BCUT2D eigenvalue weighted by molar-refractivity contribution is 5.76. The Hall–Kier alpha value is -0.790. The van der Waals surface area contributed by atoms with Crippen LogP contribution in [0.25, 0.3) is 0 Å². The first-order valence-electron chi connectivity index (χ1n) is 4.82. The van der Waals surface area contributed by atoms with Gasteiger partial charge in [0.25, 0.3) is 0 Å². The minimum absolute atomic E-state index is 0.269. The molecule has 0 aromatic rings. The third kappa shape index (κ3) is 0.767. The fraction of sp³-hybridized carbons (Fsp3) is 0.727. The second kappa shape index (κ2) is 2.17. The van der Waals surface area contributed by atoms with Gasteiger partial charge in [0, 0.05) is 11.4 Å². The summed E-state index contributed by atoms with van der Waals surface area (Å²) in [6.45, 7) is 8.01. The van der Waals surface area contributed by atoms with E-state index in [2.05, 4.69) is 6.58 Å². The molecule has 0 heterocycles. The predicted molar refractivity (Wildman–Crippen MR) is 47.7 cm³/mol. The van der Waals surface area contributed by atoms with Crippen molar-refractivity contribution in [3.05, 3.63) is 12.2 Å². The van der Waals surface area contributed by atoms with Crippen LogP contribution in [-0.4, -0.2) is 5.97 Å². The fourth-order valence-corrected chi connectivity index (χ4v) is 3.17. The topological polar surface area (TPSA) is 40.1 Å². The molecule has 0 aromatic carbocycles. The van der Waals surface area contributed by atoms with Crippen LogP contribution in [0.15, 0.2) is 12.2 Å². The third-order valence-corrected chi connectivity index (χ3v) is 4.40. The Morgan fingerprint density at radius 2 is 2.23 bits per heavy atom. The van der Waals surface area contributed by atoms with Crippen LogP contribution in [0.2, 0.25) is 0 Å². The van der Waals surface area contributed by atoms with Crippen LogP contribution in [0.1, 0.15) is 33.1 Å². The number of hydrogen-bond acceptors (Lipinski definition) is 2. The molecule has 2 nitrogen and oxygen atoms in total. The minimum atomic E-state index is -0.876. The molecule has 0 spiro atoms. The molecule has 0 amide bonds. The van der Waals surface area contributed by atoms with E-state index in [1.165, 1.54) is 0 Å². The SMILES string of the molecule is C=C1[C@H]2CC[C@@](C(=O)[O-])(C2)C1(C)C. The van der Waals surface area contributed by atoms with Crippen molar-refractivity contribution in [2.45, 2.75) is 33.1 Å². The van der Waals surface area contributed by atoms with Crippen LogP contribution >= 0.6 is 0 Å². The second-order valence-corrected chi connectivity index (χ2v) is 4.96. The van der Waals surface area contributed by atoms with Gasteiger partial charge in [-0.1, -0.05) is 26.0 Å². The molecule has 72 valence electrons. The number of aliphatic carboxylic acids is 1. The van der Waals surface area contributed by atoms with Gasteiger partial charge in [-0.3, -0.25) is 0 Å². The predicted octanol–water partition coefficient (Wildman–Crippen LogP) is 1.12. The molecule has 0 aromatic heterocycles. The Morgan fingerprint density at radius 3 is 2.54 bits per heavy atom. The molecule has 0 radical (unpaired) electrons. The van der Waals surface area contributed by atoms with Crippen LogP contribution in [0.4, 0.5) is 0 Å². The van der Waals surface area contributed by atoms with Gasteiger partial charge >= 0.3 is 0 Å². The number of hydrogen-bond donors (Lipinski definition) is 0. The van der Waals surface area contributed by atoms with E-state index in [4.69, 9.17) is 0 Å². The second-order valence-electron chi connectivity index (χ2n) is 4.96. The molecule has 0 unspecified atom stereocenters. The summed E-state index contributed by atoms with van der Waals surface area (Å²) < 4.78 is 0. The van der Waals surface area contributed by atoms with Crippen molar-refractivity contribution in [1.82, 2.24) is 0 Å². The molecule has 2 aliphatic carbocycles. The lowest BCUT2D eigenvalue weighted by Gasteiger charge is -2.43. The molecule has 0 saturated heterocycles. The summed E-state index contributed by atoms with van der Waals surface area (Å²) in [5, 5.41) is 11.2. The Labute approximate surface area is 78.6 Å². The number of fused-ring (bicyclic) bond motifs is 2. The van der Waals surface area contributed by atoms with Gasteiger partial charge < -0.3 is 9.90 Å². The largest absolute Gasteiger partial charge is 0.550 e. The third-order valence-electron chi connectivity index (χ3n) is 4.40. The fourth-order valence-electron chi connectivity index (χ4n) is 3.17. The van der Waals surface area contributed by atoms with E-state index >= 15 is 0 Å². The number of carboxylic acid groups (broad SMARTS) is 1. The van der Waals surface area contributed by atoms with Gasteiger partial charge in [-0.25, -0.2) is 0 Å². The zero-order chi connectivity index (χ0) is 9.85. The van der Waals surface area contributed by atoms with Crippen molar-refractivity contribution in [3.8, 4) is 0 Å². The van der Waals surface area contributed by atoms with Crippen LogP contribution < -0.4 is 5.11 Å². The van der Waals surface area contributed by atoms with E-state index in [0.717, 1.165) is 24.8 Å². The monoisotopic (exact) mass is 179 g/mol. The zero-order valence-corrected chi connectivity index (χ0v) is 8.22. The molecule has 2 bridgehead atoms. The molecule has 0 N–H and O–H groups in total. The summed E-state index contributed by atoms with van der Waals surface area (Å²) in [4.78, 5) is 11.2. The maximum Gasteiger partial charge on any atom is 0.0485 e. The molecule has 2 heteroatoms. The summed E-state index contributed by atoms with van der Waals surface area (Å²) >= 11 is 0. The average Bonchev–Trinajstić information content (AvgIpc) is 2.53. The summed E-state index contributed by atoms with van der Waals surface area (Å²) in [5.74, 6) is -0.452. The Morgan fingerprint density at radius 1 is 1.62 bits per heavy atom. The summed E-state index contributed by atoms with van der Waals surface area (Å²) in [6, 6.07) is 0. The van der Waals surface area contributed by atoms with E-state index < -0.39 is 11.4 Å². The van der Waals surface area contributed by atoms with Gasteiger partial charge in [0.05, 0.1) is 0 Å². The first kappa shape index (κ1) is 8.79. The smallest absolute Gasteiger partial charge is 0.0485 e. The molecule has 2 fully saturated rings. The van der Waals surface area contributed by atoms with E-state index in [0.29, 0.717) is 5.92 Å². The highest BCUT2D eigenvalue weighted by Crippen LogP contribution is 2.66. The number of carbonyl (C=O) groups is 1. The van der Waals surface area contributed by atoms with Gasteiger partial charge in [-0.05, 0) is 30.6 Å². The van der Waals surface area contributed by atoms with Crippen molar-refractivity contribution in [3.63, 3.8) is 0 Å². The molecular formula is C11H15O2-. The van der Waals surface area contributed by atoms with Crippen LogP contribution in [-0.2, 0) is 4.79 Å². The van der Waals surface area contributed by atoms with Crippen molar-refractivity contribution in [1.29, 1.82) is 0 Å². The lowest BCUT2D eigenvalue weighted by atomic mass is 9.63. The van der Waals surface area contributed by atoms with Crippen molar-refractivity contribution < 1.29 is 9.90 Å². The normalized spacial score (nSPS) is 41.1. The number of carbonyl (C=O) groups excluding carboxylic acids is 1. The summed E-state index contributed by atoms with van der Waals surface area (Å²) in [6.07, 6.45) is 2.50. The van der Waals surface area contributed by atoms with E-state index in [1.807, 2.05) is 13.8 Å². The van der Waals surface area contributed by atoms with Crippen molar-refractivity contribution >= 4 is 5.97 Å². The lowest BCUT2D eigenvalue weighted by molar-refractivity contribution is -0.323. The summed E-state index contributed by atoms with van der Waals surface area (Å²) in [7, 11) is 0. The van der Waals surface area contributed by atoms with Crippen molar-refractivity contribution in [2.24, 2.45) is 16.7 Å². The molecular weight excluding hydrogens is 164 g/mol. The first-order valence-corrected chi connectivity index (χ1v) is 4.82. The van der Waals surface area contributed by atoms with E-state index in [9.17, 15) is 9.90 Å². The maximum absolute atomic E-state index is 11.2. The lowest BCUT2D eigenvalue weighted by Crippen LogP contribution is -2.48. The minimum Gasteiger partial charge on any atom is -0.550 e. The highest BCUT2D eigenvalue weighted by atomic mass is 16.4. The Bertz CT molecular complexity index is 290. The molecule has 2 saturated carbocycles. The first-order chi connectivity index (χ1) is 5.92. The molecule has 13 heavy (non-hydrogen) atoms. The van der Waals surface area contributed by atoms with Crippen molar-refractivity contribution in [2.75, 3.05) is 0 Å². The van der Waals surface area contributed by atoms with Crippen LogP contribution in [0.3, 0.4) is 0 Å². The average molecular weight is 179 g/mol. The van der Waals surface area contributed by atoms with Gasteiger partial charge in [0.1, 0.15) is 0 Å².